The lowest BCUT2D eigenvalue weighted by Gasteiger charge is -2.18. The van der Waals surface area contributed by atoms with Crippen molar-refractivity contribution in [1.82, 2.24) is 15.4 Å². The Hall–Kier alpha value is -1.51. The molecule has 1 aliphatic rings. The molecule has 1 fully saturated rings. The van der Waals surface area contributed by atoms with Crippen LogP contribution in [-0.4, -0.2) is 39.5 Å². The van der Waals surface area contributed by atoms with Crippen LogP contribution in [0.1, 0.15) is 45.4 Å². The Labute approximate surface area is 155 Å². The quantitative estimate of drug-likeness (QED) is 0.471. The molecule has 2 rings (SSSR count). The summed E-state index contributed by atoms with van der Waals surface area (Å²) in [6.45, 7) is 2.50. The number of hydrogen-bond acceptors (Lipinski definition) is 4. The van der Waals surface area contributed by atoms with E-state index in [4.69, 9.17) is 0 Å². The van der Waals surface area contributed by atoms with Gasteiger partial charge in [0.1, 0.15) is 10.7 Å². The number of sulfonamides is 1. The second-order valence-electron chi connectivity index (χ2n) is 6.71. The number of carbonyl (C=O) groups excluding carboxylic acids is 1. The number of halogens is 1. The minimum absolute atomic E-state index is 0.418. The summed E-state index contributed by atoms with van der Waals surface area (Å²) in [5.41, 5.74) is 0. The predicted molar refractivity (Wildman–Crippen MR) is 98.7 cm³/mol. The molecule has 1 unspecified atom stereocenters. The van der Waals surface area contributed by atoms with E-state index in [0.29, 0.717) is 19.1 Å². The molecule has 0 spiro atoms. The van der Waals surface area contributed by atoms with Crippen LogP contribution in [0.25, 0.3) is 0 Å². The summed E-state index contributed by atoms with van der Waals surface area (Å²) >= 11 is 0. The number of amides is 1. The normalized spacial score (nSPS) is 17.5. The average molecular weight is 386 g/mol. The van der Waals surface area contributed by atoms with Crippen molar-refractivity contribution in [1.29, 1.82) is 0 Å². The van der Waals surface area contributed by atoms with Crippen molar-refractivity contribution in [2.24, 2.45) is 0 Å². The summed E-state index contributed by atoms with van der Waals surface area (Å²) in [5.74, 6) is -1.28. The van der Waals surface area contributed by atoms with Crippen molar-refractivity contribution in [3.63, 3.8) is 0 Å². The fourth-order valence-electron chi connectivity index (χ4n) is 3.11. The minimum atomic E-state index is -4.09. The second-order valence-corrected chi connectivity index (χ2v) is 8.39. The van der Waals surface area contributed by atoms with Gasteiger partial charge in [0.05, 0.1) is 6.04 Å². The van der Waals surface area contributed by atoms with E-state index in [1.807, 2.05) is 0 Å². The van der Waals surface area contributed by atoms with Gasteiger partial charge in [-0.15, -0.1) is 0 Å². The number of hydrogen-bond donors (Lipinski definition) is 3. The largest absolute Gasteiger partial charge is 0.353 e. The molecule has 0 saturated heterocycles. The lowest BCUT2D eigenvalue weighted by Crippen LogP contribution is -2.46. The Morgan fingerprint density at radius 2 is 1.81 bits per heavy atom. The topological polar surface area (TPSA) is 87.3 Å². The highest BCUT2D eigenvalue weighted by Gasteiger charge is 2.24. The highest BCUT2D eigenvalue weighted by molar-refractivity contribution is 7.89. The average Bonchev–Trinajstić information content (AvgIpc) is 2.87. The molecule has 146 valence electrons. The van der Waals surface area contributed by atoms with Gasteiger partial charge >= 0.3 is 0 Å². The molecule has 1 aliphatic carbocycles. The maximum Gasteiger partial charge on any atom is 0.244 e. The Bertz CT molecular complexity index is 689. The molecule has 8 heteroatoms. The van der Waals surface area contributed by atoms with Crippen LogP contribution in [0.15, 0.2) is 29.2 Å². The molecule has 1 aromatic rings. The van der Waals surface area contributed by atoms with Crippen molar-refractivity contribution >= 4 is 15.9 Å². The van der Waals surface area contributed by atoms with Gasteiger partial charge in [-0.05, 0) is 31.9 Å². The van der Waals surface area contributed by atoms with Gasteiger partial charge in [-0.1, -0.05) is 37.8 Å². The van der Waals surface area contributed by atoms with Crippen molar-refractivity contribution in [3.05, 3.63) is 30.1 Å². The smallest absolute Gasteiger partial charge is 0.244 e. The molecule has 1 aromatic carbocycles. The fraction of sp³-hybridized carbons (Fsp3) is 0.611. The summed E-state index contributed by atoms with van der Waals surface area (Å²) in [6.07, 6.45) is 7.36. The van der Waals surface area contributed by atoms with E-state index in [0.717, 1.165) is 18.9 Å². The van der Waals surface area contributed by atoms with Gasteiger partial charge in [0.2, 0.25) is 15.9 Å². The first-order valence-electron chi connectivity index (χ1n) is 9.18. The van der Waals surface area contributed by atoms with Gasteiger partial charge in [0.15, 0.2) is 0 Å². The molecule has 0 aromatic heterocycles. The molecule has 0 bridgehead atoms. The first-order valence-corrected chi connectivity index (χ1v) is 10.7. The monoisotopic (exact) mass is 385 g/mol. The standard InChI is InChI=1S/C18H28FN3O3S/c1-14(22-26(24,25)17-11-7-6-10-16(17)19)18(23)21-13-12-20-15-8-4-2-3-5-9-15/h6-7,10-11,14-15,20,22H,2-5,8-9,12-13H2,1H3,(H,21,23). The zero-order valence-electron chi connectivity index (χ0n) is 15.1. The lowest BCUT2D eigenvalue weighted by molar-refractivity contribution is -0.122. The zero-order chi connectivity index (χ0) is 19.0. The summed E-state index contributed by atoms with van der Waals surface area (Å²) in [6, 6.07) is 4.58. The first-order chi connectivity index (χ1) is 12.4. The summed E-state index contributed by atoms with van der Waals surface area (Å²) in [5, 5.41) is 6.14. The number of benzene rings is 1. The third-order valence-electron chi connectivity index (χ3n) is 4.56. The van der Waals surface area contributed by atoms with Crippen LogP contribution in [0.2, 0.25) is 0 Å². The van der Waals surface area contributed by atoms with Crippen LogP contribution >= 0.6 is 0 Å². The maximum atomic E-state index is 13.7. The van der Waals surface area contributed by atoms with E-state index in [1.54, 1.807) is 0 Å². The van der Waals surface area contributed by atoms with Gasteiger partial charge in [-0.25, -0.2) is 12.8 Å². The molecule has 1 amide bonds. The van der Waals surface area contributed by atoms with Crippen LogP contribution in [0.3, 0.4) is 0 Å². The van der Waals surface area contributed by atoms with E-state index < -0.39 is 32.7 Å². The Morgan fingerprint density at radius 3 is 2.46 bits per heavy atom. The van der Waals surface area contributed by atoms with Crippen LogP contribution in [0.5, 0.6) is 0 Å². The number of nitrogens with one attached hydrogen (secondary N) is 3. The zero-order valence-corrected chi connectivity index (χ0v) is 15.9. The Balaban J connectivity index is 1.75. The summed E-state index contributed by atoms with van der Waals surface area (Å²) in [4.78, 5) is 11.6. The van der Waals surface area contributed by atoms with Crippen molar-refractivity contribution < 1.29 is 17.6 Å². The predicted octanol–water partition coefficient (Wildman–Crippen LogP) is 1.92. The van der Waals surface area contributed by atoms with Gasteiger partial charge in [0.25, 0.3) is 0 Å². The molecule has 1 saturated carbocycles. The molecule has 3 N–H and O–H groups in total. The molecule has 6 nitrogen and oxygen atoms in total. The van der Waals surface area contributed by atoms with Crippen molar-refractivity contribution in [2.75, 3.05) is 13.1 Å². The third-order valence-corrected chi connectivity index (χ3v) is 6.14. The molecule has 1 atom stereocenters. The minimum Gasteiger partial charge on any atom is -0.353 e. The van der Waals surface area contributed by atoms with Gasteiger partial charge in [-0.2, -0.15) is 4.72 Å². The Kier molecular flexibility index (Phi) is 7.99. The van der Waals surface area contributed by atoms with E-state index in [-0.39, 0.29) is 0 Å². The lowest BCUT2D eigenvalue weighted by atomic mass is 10.1. The first kappa shape index (κ1) is 20.8. The molecule has 0 radical (unpaired) electrons. The highest BCUT2D eigenvalue weighted by Crippen LogP contribution is 2.17. The van der Waals surface area contributed by atoms with Crippen LogP contribution in [0.4, 0.5) is 4.39 Å². The Morgan fingerprint density at radius 1 is 1.15 bits per heavy atom. The number of carbonyl (C=O) groups is 1. The summed E-state index contributed by atoms with van der Waals surface area (Å²) < 4.78 is 40.3. The van der Waals surface area contributed by atoms with Gasteiger partial charge in [0, 0.05) is 19.1 Å². The SMILES string of the molecule is CC(NS(=O)(=O)c1ccccc1F)C(=O)NCCNC1CCCCCC1. The molecular formula is C18H28FN3O3S. The highest BCUT2D eigenvalue weighted by atomic mass is 32.2. The fourth-order valence-corrected chi connectivity index (χ4v) is 4.39. The third kappa shape index (κ3) is 6.34. The molecule has 0 aliphatic heterocycles. The molecule has 26 heavy (non-hydrogen) atoms. The molecule has 0 heterocycles. The van der Waals surface area contributed by atoms with E-state index in [9.17, 15) is 17.6 Å². The summed E-state index contributed by atoms with van der Waals surface area (Å²) in [7, 11) is -4.09. The van der Waals surface area contributed by atoms with Gasteiger partial charge < -0.3 is 10.6 Å². The van der Waals surface area contributed by atoms with E-state index in [2.05, 4.69) is 15.4 Å². The van der Waals surface area contributed by atoms with E-state index >= 15 is 0 Å². The van der Waals surface area contributed by atoms with Crippen LogP contribution < -0.4 is 15.4 Å². The van der Waals surface area contributed by atoms with Crippen LogP contribution in [0, 0.1) is 5.82 Å². The maximum absolute atomic E-state index is 13.7. The van der Waals surface area contributed by atoms with Crippen molar-refractivity contribution in [3.8, 4) is 0 Å². The number of rotatable bonds is 8. The van der Waals surface area contributed by atoms with Crippen molar-refractivity contribution in [2.45, 2.75) is 62.4 Å². The van der Waals surface area contributed by atoms with Crippen LogP contribution in [-0.2, 0) is 14.8 Å². The molecular weight excluding hydrogens is 357 g/mol. The van der Waals surface area contributed by atoms with Gasteiger partial charge in [-0.3, -0.25) is 4.79 Å². The van der Waals surface area contributed by atoms with E-state index in [1.165, 1.54) is 50.8 Å². The second kappa shape index (κ2) is 9.99.